The Labute approximate surface area is 106 Å². The lowest BCUT2D eigenvalue weighted by molar-refractivity contribution is -0.138. The maximum absolute atomic E-state index is 11.3. The molecule has 8 nitrogen and oxygen atoms in total. The van der Waals surface area contributed by atoms with Crippen LogP contribution in [0.2, 0.25) is 0 Å². The van der Waals surface area contributed by atoms with Gasteiger partial charge in [-0.2, -0.15) is 0 Å². The van der Waals surface area contributed by atoms with E-state index in [0.717, 1.165) is 0 Å². The molecule has 10 heteroatoms. The molecular formula is C8H16N2O6S2. The third-order valence-corrected chi connectivity index (χ3v) is 5.23. The maximum atomic E-state index is 11.3. The Morgan fingerprint density at radius 2 is 2.06 bits per heavy atom. The molecule has 1 aliphatic rings. The predicted molar refractivity (Wildman–Crippen MR) is 64.2 cm³/mol. The van der Waals surface area contributed by atoms with E-state index in [1.165, 1.54) is 4.90 Å². The monoisotopic (exact) mass is 300 g/mol. The molecule has 18 heavy (non-hydrogen) atoms. The van der Waals surface area contributed by atoms with Crippen molar-refractivity contribution >= 4 is 25.8 Å². The van der Waals surface area contributed by atoms with E-state index in [9.17, 15) is 21.6 Å². The normalized spacial score (nSPS) is 23.3. The Morgan fingerprint density at radius 3 is 2.44 bits per heavy atom. The number of carboxylic acid groups (broad SMARTS) is 1. The molecule has 0 aromatic heterocycles. The molecular weight excluding hydrogens is 284 g/mol. The first-order valence-electron chi connectivity index (χ1n) is 5.26. The average Bonchev–Trinajstić information content (AvgIpc) is 2.51. The first-order valence-corrected chi connectivity index (χ1v) is 8.79. The molecule has 1 saturated heterocycles. The van der Waals surface area contributed by atoms with Gasteiger partial charge in [0.2, 0.25) is 10.0 Å². The van der Waals surface area contributed by atoms with E-state index in [1.807, 2.05) is 0 Å². The number of nitrogens with two attached hydrogens (primary N) is 1. The second kappa shape index (κ2) is 5.51. The summed E-state index contributed by atoms with van der Waals surface area (Å²) in [6.45, 7) is -0.471. The van der Waals surface area contributed by atoms with Gasteiger partial charge in [0.1, 0.15) is 0 Å². The highest BCUT2D eigenvalue weighted by molar-refractivity contribution is 7.91. The van der Waals surface area contributed by atoms with Crippen molar-refractivity contribution in [2.45, 2.75) is 12.5 Å². The van der Waals surface area contributed by atoms with E-state index >= 15 is 0 Å². The molecule has 1 rings (SSSR count). The van der Waals surface area contributed by atoms with Crippen LogP contribution in [0.25, 0.3) is 0 Å². The zero-order valence-corrected chi connectivity index (χ0v) is 11.3. The van der Waals surface area contributed by atoms with Crippen LogP contribution in [0.5, 0.6) is 0 Å². The number of rotatable bonds is 6. The minimum absolute atomic E-state index is 0.00314. The molecule has 0 saturated carbocycles. The lowest BCUT2D eigenvalue weighted by atomic mass is 10.2. The Bertz CT molecular complexity index is 512. The lowest BCUT2D eigenvalue weighted by Gasteiger charge is -2.25. The van der Waals surface area contributed by atoms with Crippen LogP contribution < -0.4 is 5.14 Å². The zero-order chi connectivity index (χ0) is 14.0. The van der Waals surface area contributed by atoms with E-state index in [1.54, 1.807) is 0 Å². The number of sulfone groups is 1. The summed E-state index contributed by atoms with van der Waals surface area (Å²) in [5.74, 6) is -1.65. The fourth-order valence-corrected chi connectivity index (χ4v) is 4.12. The van der Waals surface area contributed by atoms with E-state index in [0.29, 0.717) is 6.42 Å². The predicted octanol–water partition coefficient (Wildman–Crippen LogP) is -2.15. The molecule has 0 aliphatic carbocycles. The topological polar surface area (TPSA) is 135 Å². The van der Waals surface area contributed by atoms with Gasteiger partial charge in [-0.3, -0.25) is 9.69 Å². The number of aliphatic carboxylic acids is 1. The van der Waals surface area contributed by atoms with Gasteiger partial charge < -0.3 is 5.11 Å². The minimum Gasteiger partial charge on any atom is -0.480 e. The van der Waals surface area contributed by atoms with Crippen LogP contribution in [0.3, 0.4) is 0 Å². The van der Waals surface area contributed by atoms with Crippen LogP contribution in [-0.4, -0.2) is 69.2 Å². The van der Waals surface area contributed by atoms with Crippen LogP contribution in [0, 0.1) is 0 Å². The summed E-state index contributed by atoms with van der Waals surface area (Å²) in [6.07, 6.45) is 0.320. The van der Waals surface area contributed by atoms with E-state index in [-0.39, 0.29) is 18.1 Å². The fraction of sp³-hybridized carbons (Fsp3) is 0.875. The van der Waals surface area contributed by atoms with E-state index < -0.39 is 44.2 Å². The molecule has 1 unspecified atom stereocenters. The molecule has 3 N–H and O–H groups in total. The van der Waals surface area contributed by atoms with Crippen molar-refractivity contribution in [1.29, 1.82) is 0 Å². The van der Waals surface area contributed by atoms with Gasteiger partial charge in [-0.25, -0.2) is 22.0 Å². The van der Waals surface area contributed by atoms with E-state index in [4.69, 9.17) is 10.2 Å². The Hall–Kier alpha value is -0.710. The Morgan fingerprint density at radius 1 is 1.44 bits per heavy atom. The van der Waals surface area contributed by atoms with Crippen LogP contribution in [-0.2, 0) is 24.7 Å². The maximum Gasteiger partial charge on any atom is 0.317 e. The number of hydrogen-bond donors (Lipinski definition) is 2. The van der Waals surface area contributed by atoms with Crippen molar-refractivity contribution in [3.8, 4) is 0 Å². The quantitative estimate of drug-likeness (QED) is 0.571. The Kier molecular flexibility index (Phi) is 4.70. The number of sulfonamides is 1. The van der Waals surface area contributed by atoms with E-state index in [2.05, 4.69) is 0 Å². The highest BCUT2D eigenvalue weighted by Gasteiger charge is 2.33. The average molecular weight is 300 g/mol. The molecule has 1 fully saturated rings. The van der Waals surface area contributed by atoms with Crippen LogP contribution in [0.15, 0.2) is 0 Å². The number of carboxylic acids is 1. The summed E-state index contributed by atoms with van der Waals surface area (Å²) < 4.78 is 44.3. The lowest BCUT2D eigenvalue weighted by Crippen LogP contribution is -2.43. The number of nitrogens with zero attached hydrogens (tertiary/aromatic N) is 1. The van der Waals surface area contributed by atoms with Crippen molar-refractivity contribution in [3.63, 3.8) is 0 Å². The number of carbonyl (C=O) groups is 1. The number of primary sulfonamides is 1. The standard InChI is InChI=1S/C8H16N2O6S2/c9-18(15,16)4-2-10(5-8(11)12)7-1-3-17(13,14)6-7/h7H,1-6H2,(H,11,12)(H2,9,15,16). The molecule has 0 bridgehead atoms. The summed E-state index contributed by atoms with van der Waals surface area (Å²) in [5.41, 5.74) is 0. The first-order chi connectivity index (χ1) is 8.09. The second-order valence-corrected chi connectivity index (χ2v) is 8.25. The molecule has 0 aromatic rings. The third-order valence-electron chi connectivity index (χ3n) is 2.73. The van der Waals surface area contributed by atoms with Gasteiger partial charge in [-0.05, 0) is 6.42 Å². The minimum atomic E-state index is -3.70. The zero-order valence-electron chi connectivity index (χ0n) is 9.65. The van der Waals surface area contributed by atoms with Crippen molar-refractivity contribution in [1.82, 2.24) is 4.90 Å². The van der Waals surface area contributed by atoms with Crippen molar-refractivity contribution in [3.05, 3.63) is 0 Å². The van der Waals surface area contributed by atoms with Gasteiger partial charge in [-0.1, -0.05) is 0 Å². The summed E-state index contributed by atoms with van der Waals surface area (Å²) in [7, 11) is -6.84. The summed E-state index contributed by atoms with van der Waals surface area (Å²) in [4.78, 5) is 12.0. The van der Waals surface area contributed by atoms with Crippen molar-refractivity contribution in [2.24, 2.45) is 5.14 Å². The largest absolute Gasteiger partial charge is 0.480 e. The first kappa shape index (κ1) is 15.3. The molecule has 0 radical (unpaired) electrons. The summed E-state index contributed by atoms with van der Waals surface area (Å²) >= 11 is 0. The molecule has 0 aromatic carbocycles. The highest BCUT2D eigenvalue weighted by Crippen LogP contribution is 2.17. The summed E-state index contributed by atoms with van der Waals surface area (Å²) in [5, 5.41) is 13.6. The van der Waals surface area contributed by atoms with Crippen molar-refractivity contribution < 1.29 is 26.7 Å². The van der Waals surface area contributed by atoms with Gasteiger partial charge in [-0.15, -0.1) is 0 Å². The SMILES string of the molecule is NS(=O)(=O)CCN(CC(=O)O)C1CCS(=O)(=O)C1. The molecule has 0 spiro atoms. The molecule has 106 valence electrons. The Balaban J connectivity index is 2.70. The summed E-state index contributed by atoms with van der Waals surface area (Å²) in [6, 6.07) is -0.451. The van der Waals surface area contributed by atoms with Gasteiger partial charge in [0, 0.05) is 12.6 Å². The van der Waals surface area contributed by atoms with Gasteiger partial charge in [0.15, 0.2) is 9.84 Å². The smallest absolute Gasteiger partial charge is 0.317 e. The number of hydrogen-bond acceptors (Lipinski definition) is 6. The fourth-order valence-electron chi connectivity index (χ4n) is 1.87. The highest BCUT2D eigenvalue weighted by atomic mass is 32.2. The third kappa shape index (κ3) is 5.29. The molecule has 1 aliphatic heterocycles. The van der Waals surface area contributed by atoms with Gasteiger partial charge in [0.25, 0.3) is 0 Å². The van der Waals surface area contributed by atoms with Crippen LogP contribution >= 0.6 is 0 Å². The van der Waals surface area contributed by atoms with Crippen LogP contribution in [0.1, 0.15) is 6.42 Å². The second-order valence-electron chi connectivity index (χ2n) is 4.29. The molecule has 1 heterocycles. The van der Waals surface area contributed by atoms with Crippen LogP contribution in [0.4, 0.5) is 0 Å². The van der Waals surface area contributed by atoms with Gasteiger partial charge in [0.05, 0.1) is 23.8 Å². The molecule has 0 amide bonds. The van der Waals surface area contributed by atoms with Crippen molar-refractivity contribution in [2.75, 3.05) is 30.3 Å². The van der Waals surface area contributed by atoms with Gasteiger partial charge >= 0.3 is 5.97 Å². The molecule has 1 atom stereocenters.